The van der Waals surface area contributed by atoms with Crippen LogP contribution in [0, 0.1) is 0 Å². The molecule has 1 aliphatic heterocycles. The Bertz CT molecular complexity index is 1200. The van der Waals surface area contributed by atoms with Crippen molar-refractivity contribution < 1.29 is 47.7 Å². The highest BCUT2D eigenvalue weighted by Crippen LogP contribution is 2.31. The number of hydrogen-bond donors (Lipinski definition) is 1. The van der Waals surface area contributed by atoms with Crippen LogP contribution in [0.4, 0.5) is 5.13 Å². The van der Waals surface area contributed by atoms with Gasteiger partial charge in [0.2, 0.25) is 5.78 Å². The fraction of sp³-hybridized carbons (Fsp3) is 0.417. The van der Waals surface area contributed by atoms with E-state index in [4.69, 9.17) is 23.7 Å². The Balaban J connectivity index is 1.92. The van der Waals surface area contributed by atoms with Crippen molar-refractivity contribution in [2.45, 2.75) is 58.3 Å². The van der Waals surface area contributed by atoms with Crippen LogP contribution in [-0.4, -0.2) is 71.9 Å². The molecule has 0 unspecified atom stereocenters. The maximum atomic E-state index is 12.9. The van der Waals surface area contributed by atoms with Gasteiger partial charge in [0.15, 0.2) is 29.7 Å². The van der Waals surface area contributed by atoms with Crippen molar-refractivity contribution in [2.75, 3.05) is 11.9 Å². The van der Waals surface area contributed by atoms with Gasteiger partial charge < -0.3 is 29.0 Å². The molecule has 3 rings (SSSR count). The molecule has 1 aromatic carbocycles. The normalized spacial score (nSPS) is 22.6. The molecule has 0 aliphatic carbocycles. The Kier molecular flexibility index (Phi) is 9.94. The molecule has 2 heterocycles. The number of thiazole rings is 1. The molecule has 0 amide bonds. The molecule has 1 N–H and O–H groups in total. The van der Waals surface area contributed by atoms with E-state index >= 15 is 0 Å². The van der Waals surface area contributed by atoms with Crippen LogP contribution in [0.1, 0.15) is 42.9 Å². The Morgan fingerprint density at radius 1 is 0.895 bits per heavy atom. The van der Waals surface area contributed by atoms with E-state index in [1.54, 1.807) is 24.3 Å². The van der Waals surface area contributed by atoms with E-state index in [2.05, 4.69) is 26.2 Å². The zero-order valence-corrected chi connectivity index (χ0v) is 23.2. The lowest BCUT2D eigenvalue weighted by molar-refractivity contribution is -0.247. The van der Waals surface area contributed by atoms with Crippen molar-refractivity contribution in [3.63, 3.8) is 0 Å². The summed E-state index contributed by atoms with van der Waals surface area (Å²) in [5.74, 6) is -3.08. The predicted molar refractivity (Wildman–Crippen MR) is 135 cm³/mol. The minimum atomic E-state index is -1.32. The third-order valence-corrected chi connectivity index (χ3v) is 6.55. The van der Waals surface area contributed by atoms with E-state index in [0.29, 0.717) is 10.4 Å². The van der Waals surface area contributed by atoms with Crippen molar-refractivity contribution in [1.82, 2.24) is 4.98 Å². The van der Waals surface area contributed by atoms with Crippen LogP contribution in [0.3, 0.4) is 0 Å². The monoisotopic (exact) mass is 612 g/mol. The Morgan fingerprint density at radius 3 is 2.05 bits per heavy atom. The van der Waals surface area contributed by atoms with Crippen LogP contribution < -0.4 is 5.32 Å². The second-order valence-corrected chi connectivity index (χ2v) is 10.1. The zero-order chi connectivity index (χ0) is 28.0. The summed E-state index contributed by atoms with van der Waals surface area (Å²) in [6, 6.07) is 6.81. The van der Waals surface area contributed by atoms with Crippen LogP contribution in [0.2, 0.25) is 0 Å². The molecule has 1 saturated heterocycles. The van der Waals surface area contributed by atoms with Crippen molar-refractivity contribution in [3.05, 3.63) is 45.4 Å². The van der Waals surface area contributed by atoms with Gasteiger partial charge in [0, 0.05) is 37.7 Å². The summed E-state index contributed by atoms with van der Waals surface area (Å²) in [5.41, 5.74) is 0.454. The Morgan fingerprint density at radius 2 is 1.47 bits per heavy atom. The highest BCUT2D eigenvalue weighted by molar-refractivity contribution is 9.10. The number of carbonyl (C=O) groups excluding carboxylic acids is 5. The third-order valence-electron chi connectivity index (χ3n) is 5.09. The van der Waals surface area contributed by atoms with E-state index in [1.165, 1.54) is 13.1 Å². The van der Waals surface area contributed by atoms with Gasteiger partial charge in [0.05, 0.1) is 11.1 Å². The summed E-state index contributed by atoms with van der Waals surface area (Å²) in [5, 5.41) is 3.17. The SMILES string of the molecule is CC(=O)OC[C@H]1O[C@H](Nc2ncc(C(=O)c3ccc(Br)cc3)s2)[C@@H](OC(C)=O)[C@@H](OC(C)=O)[C@@H]1OC(C)=O. The number of aromatic nitrogens is 1. The molecule has 5 atom stereocenters. The Labute approximate surface area is 230 Å². The summed E-state index contributed by atoms with van der Waals surface area (Å²) in [6.45, 7) is 4.24. The maximum absolute atomic E-state index is 12.9. The lowest BCUT2D eigenvalue weighted by Crippen LogP contribution is -2.64. The number of hydrogen-bond acceptors (Lipinski definition) is 13. The first-order chi connectivity index (χ1) is 17.9. The van der Waals surface area contributed by atoms with Gasteiger partial charge in [-0.2, -0.15) is 0 Å². The average molecular weight is 613 g/mol. The number of ketones is 1. The largest absolute Gasteiger partial charge is 0.463 e. The molecule has 12 nitrogen and oxygen atoms in total. The van der Waals surface area contributed by atoms with E-state index < -0.39 is 54.5 Å². The standard InChI is InChI=1S/C24H25BrN2O10S/c1-11(28)33-10-17-20(34-12(2)29)21(35-13(3)30)22(36-14(4)31)23(37-17)27-24-26-9-18(38-24)19(32)15-5-7-16(25)8-6-15/h5-9,17,20-23H,10H2,1-4H3,(H,26,27)/t17-,20-,21+,22+,23+/m1/s1. The number of esters is 4. The van der Waals surface area contributed by atoms with Crippen molar-refractivity contribution >= 4 is 62.1 Å². The predicted octanol–water partition coefficient (Wildman–Crippen LogP) is 2.63. The number of carbonyl (C=O) groups is 5. The van der Waals surface area contributed by atoms with E-state index in [9.17, 15) is 24.0 Å². The van der Waals surface area contributed by atoms with Crippen molar-refractivity contribution in [2.24, 2.45) is 0 Å². The summed E-state index contributed by atoms with van der Waals surface area (Å²) < 4.78 is 28.0. The van der Waals surface area contributed by atoms with Crippen molar-refractivity contribution in [3.8, 4) is 0 Å². The smallest absolute Gasteiger partial charge is 0.303 e. The van der Waals surface area contributed by atoms with Gasteiger partial charge in [-0.3, -0.25) is 24.0 Å². The minimum Gasteiger partial charge on any atom is -0.463 e. The van der Waals surface area contributed by atoms with Gasteiger partial charge in [-0.05, 0) is 24.3 Å². The van der Waals surface area contributed by atoms with Gasteiger partial charge >= 0.3 is 23.9 Å². The van der Waals surface area contributed by atoms with Crippen LogP contribution in [0.5, 0.6) is 0 Å². The topological polar surface area (TPSA) is 156 Å². The molecule has 0 bridgehead atoms. The number of benzene rings is 1. The maximum Gasteiger partial charge on any atom is 0.303 e. The molecular weight excluding hydrogens is 588 g/mol. The number of halogens is 1. The second kappa shape index (κ2) is 12.9. The van der Waals surface area contributed by atoms with Crippen LogP contribution >= 0.6 is 27.3 Å². The molecule has 0 spiro atoms. The second-order valence-electron chi connectivity index (χ2n) is 8.13. The van der Waals surface area contributed by atoms with E-state index in [1.807, 2.05) is 0 Å². The summed E-state index contributed by atoms with van der Waals surface area (Å²) in [6.07, 6.45) is -4.83. The number of ether oxygens (including phenoxy) is 5. The van der Waals surface area contributed by atoms with Crippen LogP contribution in [0.15, 0.2) is 34.9 Å². The zero-order valence-electron chi connectivity index (χ0n) is 20.8. The Hall–Kier alpha value is -3.36. The number of anilines is 1. The van der Waals surface area contributed by atoms with Gasteiger partial charge in [0.25, 0.3) is 0 Å². The summed E-state index contributed by atoms with van der Waals surface area (Å²) in [7, 11) is 0. The molecule has 204 valence electrons. The van der Waals surface area contributed by atoms with Gasteiger partial charge in [-0.15, -0.1) is 0 Å². The lowest BCUT2D eigenvalue weighted by Gasteiger charge is -2.44. The van der Waals surface area contributed by atoms with E-state index in [-0.39, 0.29) is 17.5 Å². The first kappa shape index (κ1) is 29.2. The molecule has 38 heavy (non-hydrogen) atoms. The first-order valence-corrected chi connectivity index (χ1v) is 12.9. The first-order valence-electron chi connectivity index (χ1n) is 11.3. The minimum absolute atomic E-state index is 0.228. The highest BCUT2D eigenvalue weighted by atomic mass is 79.9. The highest BCUT2D eigenvalue weighted by Gasteiger charge is 2.52. The van der Waals surface area contributed by atoms with Gasteiger partial charge in [0.1, 0.15) is 12.7 Å². The number of rotatable bonds is 9. The molecule has 1 aromatic heterocycles. The molecular formula is C24H25BrN2O10S. The fourth-order valence-corrected chi connectivity index (χ4v) is 4.72. The fourth-order valence-electron chi connectivity index (χ4n) is 3.66. The van der Waals surface area contributed by atoms with Crippen LogP contribution in [-0.2, 0) is 42.9 Å². The summed E-state index contributed by atoms with van der Waals surface area (Å²) in [4.78, 5) is 64.6. The third kappa shape index (κ3) is 7.82. The summed E-state index contributed by atoms with van der Waals surface area (Å²) >= 11 is 4.34. The lowest BCUT2D eigenvalue weighted by atomic mass is 9.97. The van der Waals surface area contributed by atoms with Gasteiger partial charge in [-0.25, -0.2) is 4.98 Å². The molecule has 0 saturated carbocycles. The molecule has 1 fully saturated rings. The van der Waals surface area contributed by atoms with E-state index in [0.717, 1.165) is 36.6 Å². The number of nitrogens with zero attached hydrogens (tertiary/aromatic N) is 1. The van der Waals surface area contributed by atoms with Crippen LogP contribution in [0.25, 0.3) is 0 Å². The molecule has 2 aromatic rings. The van der Waals surface area contributed by atoms with Crippen molar-refractivity contribution in [1.29, 1.82) is 0 Å². The van der Waals surface area contributed by atoms with Gasteiger partial charge in [-0.1, -0.05) is 27.3 Å². The number of nitrogens with one attached hydrogen (secondary N) is 1. The quantitative estimate of drug-likeness (QED) is 0.251. The molecule has 0 radical (unpaired) electrons. The molecule has 14 heteroatoms. The average Bonchev–Trinajstić information content (AvgIpc) is 3.29. The molecule has 1 aliphatic rings.